The van der Waals surface area contributed by atoms with E-state index >= 15 is 0 Å². The van der Waals surface area contributed by atoms with Gasteiger partial charge in [-0.05, 0) is 43.7 Å². The number of para-hydroxylation sites is 1. The van der Waals surface area contributed by atoms with E-state index < -0.39 is 6.10 Å². The highest BCUT2D eigenvalue weighted by Crippen LogP contribution is 2.34. The van der Waals surface area contributed by atoms with Crippen molar-refractivity contribution in [3.63, 3.8) is 0 Å². The summed E-state index contributed by atoms with van der Waals surface area (Å²) in [5.41, 5.74) is 2.92. The number of amides is 2. The molecule has 0 aliphatic carbocycles. The van der Waals surface area contributed by atoms with Gasteiger partial charge in [0, 0.05) is 18.3 Å². The SMILES string of the molecule is Cc1ccccc1NC(=O)c1ccc2c(c1)OC(C)C(=O)N2C. The van der Waals surface area contributed by atoms with Gasteiger partial charge in [-0.1, -0.05) is 18.2 Å². The molecule has 1 heterocycles. The highest BCUT2D eigenvalue weighted by atomic mass is 16.5. The largest absolute Gasteiger partial charge is 0.479 e. The number of benzene rings is 2. The molecule has 23 heavy (non-hydrogen) atoms. The molecule has 118 valence electrons. The lowest BCUT2D eigenvalue weighted by atomic mass is 10.1. The minimum atomic E-state index is -0.554. The van der Waals surface area contributed by atoms with Crippen LogP contribution in [0.1, 0.15) is 22.8 Å². The van der Waals surface area contributed by atoms with Gasteiger partial charge in [0.1, 0.15) is 5.75 Å². The Kier molecular flexibility index (Phi) is 3.78. The van der Waals surface area contributed by atoms with E-state index in [4.69, 9.17) is 4.74 Å². The molecule has 3 rings (SSSR count). The summed E-state index contributed by atoms with van der Waals surface area (Å²) in [5.74, 6) is 0.226. The molecular weight excluding hydrogens is 292 g/mol. The lowest BCUT2D eigenvalue weighted by Crippen LogP contribution is -2.42. The summed E-state index contributed by atoms with van der Waals surface area (Å²) in [4.78, 5) is 25.9. The van der Waals surface area contributed by atoms with E-state index in [9.17, 15) is 9.59 Å². The molecule has 0 aromatic heterocycles. The number of carbonyl (C=O) groups excluding carboxylic acids is 2. The van der Waals surface area contributed by atoms with Crippen LogP contribution in [0.15, 0.2) is 42.5 Å². The summed E-state index contributed by atoms with van der Waals surface area (Å²) >= 11 is 0. The van der Waals surface area contributed by atoms with Gasteiger partial charge in [-0.15, -0.1) is 0 Å². The average Bonchev–Trinajstić information content (AvgIpc) is 2.54. The van der Waals surface area contributed by atoms with Crippen LogP contribution in [0.5, 0.6) is 5.75 Å². The summed E-state index contributed by atoms with van der Waals surface area (Å²) in [6.07, 6.45) is -0.554. The number of likely N-dealkylation sites (N-methyl/N-ethyl adjacent to an activating group) is 1. The first-order valence-electron chi connectivity index (χ1n) is 7.42. The van der Waals surface area contributed by atoms with Crippen molar-refractivity contribution in [2.45, 2.75) is 20.0 Å². The fourth-order valence-electron chi connectivity index (χ4n) is 2.57. The normalized spacial score (nSPS) is 16.6. The molecule has 0 fully saturated rings. The van der Waals surface area contributed by atoms with Crippen molar-refractivity contribution in [1.29, 1.82) is 0 Å². The van der Waals surface area contributed by atoms with E-state index in [1.165, 1.54) is 0 Å². The van der Waals surface area contributed by atoms with Crippen LogP contribution in [0.25, 0.3) is 0 Å². The molecule has 0 spiro atoms. The number of hydrogen-bond acceptors (Lipinski definition) is 3. The Morgan fingerprint density at radius 2 is 1.96 bits per heavy atom. The van der Waals surface area contributed by atoms with Gasteiger partial charge in [0.2, 0.25) is 0 Å². The molecule has 0 saturated heterocycles. The van der Waals surface area contributed by atoms with Gasteiger partial charge in [0.15, 0.2) is 6.10 Å². The van der Waals surface area contributed by atoms with E-state index in [1.54, 1.807) is 37.1 Å². The van der Waals surface area contributed by atoms with Gasteiger partial charge in [0.05, 0.1) is 5.69 Å². The predicted octanol–water partition coefficient (Wildman–Crippen LogP) is 2.99. The summed E-state index contributed by atoms with van der Waals surface area (Å²) in [6, 6.07) is 12.7. The van der Waals surface area contributed by atoms with E-state index in [1.807, 2.05) is 31.2 Å². The second-order valence-electron chi connectivity index (χ2n) is 5.61. The van der Waals surface area contributed by atoms with E-state index in [-0.39, 0.29) is 11.8 Å². The Morgan fingerprint density at radius 1 is 1.22 bits per heavy atom. The Balaban J connectivity index is 1.87. The molecule has 2 amide bonds. The number of carbonyl (C=O) groups is 2. The maximum atomic E-state index is 12.4. The molecule has 5 heteroatoms. The molecule has 5 nitrogen and oxygen atoms in total. The summed E-state index contributed by atoms with van der Waals surface area (Å²) in [6.45, 7) is 3.63. The van der Waals surface area contributed by atoms with Gasteiger partial charge in [-0.3, -0.25) is 9.59 Å². The second kappa shape index (κ2) is 5.76. The fourth-order valence-corrected chi connectivity index (χ4v) is 2.57. The van der Waals surface area contributed by atoms with Gasteiger partial charge < -0.3 is 15.0 Å². The second-order valence-corrected chi connectivity index (χ2v) is 5.61. The lowest BCUT2D eigenvalue weighted by Gasteiger charge is -2.30. The van der Waals surface area contributed by atoms with Crippen LogP contribution in [-0.2, 0) is 4.79 Å². The quantitative estimate of drug-likeness (QED) is 0.927. The monoisotopic (exact) mass is 310 g/mol. The first-order valence-corrected chi connectivity index (χ1v) is 7.42. The molecule has 2 aromatic carbocycles. The molecule has 0 radical (unpaired) electrons. The number of ether oxygens (including phenoxy) is 1. The number of aryl methyl sites for hydroxylation is 1. The topological polar surface area (TPSA) is 58.6 Å². The van der Waals surface area contributed by atoms with Crippen LogP contribution in [0.2, 0.25) is 0 Å². The lowest BCUT2D eigenvalue weighted by molar-refractivity contribution is -0.125. The number of fused-ring (bicyclic) bond motifs is 1. The van der Waals surface area contributed by atoms with Gasteiger partial charge >= 0.3 is 0 Å². The highest BCUT2D eigenvalue weighted by Gasteiger charge is 2.29. The van der Waals surface area contributed by atoms with Crippen LogP contribution in [0.3, 0.4) is 0 Å². The average molecular weight is 310 g/mol. The minimum absolute atomic E-state index is 0.102. The molecule has 1 N–H and O–H groups in total. The van der Waals surface area contributed by atoms with E-state index in [2.05, 4.69) is 5.32 Å². The number of nitrogens with zero attached hydrogens (tertiary/aromatic N) is 1. The van der Waals surface area contributed by atoms with Gasteiger partial charge in [0.25, 0.3) is 11.8 Å². The van der Waals surface area contributed by atoms with Crippen LogP contribution in [0.4, 0.5) is 11.4 Å². The predicted molar refractivity (Wildman–Crippen MR) is 89.1 cm³/mol. The first kappa shape index (κ1) is 15.1. The van der Waals surface area contributed by atoms with Crippen LogP contribution in [-0.4, -0.2) is 25.0 Å². The highest BCUT2D eigenvalue weighted by molar-refractivity contribution is 6.06. The van der Waals surface area contributed by atoms with E-state index in [0.717, 1.165) is 11.3 Å². The molecule has 1 aliphatic heterocycles. The number of rotatable bonds is 2. The Morgan fingerprint density at radius 3 is 2.70 bits per heavy atom. The van der Waals surface area contributed by atoms with Crippen molar-refractivity contribution >= 4 is 23.2 Å². The van der Waals surface area contributed by atoms with Gasteiger partial charge in [-0.2, -0.15) is 0 Å². The number of anilines is 2. The molecule has 1 aliphatic rings. The Labute approximate surface area is 134 Å². The maximum absolute atomic E-state index is 12.4. The van der Waals surface area contributed by atoms with Crippen molar-refractivity contribution in [3.05, 3.63) is 53.6 Å². The number of nitrogens with one attached hydrogen (secondary N) is 1. The smallest absolute Gasteiger partial charge is 0.267 e. The zero-order valence-electron chi connectivity index (χ0n) is 13.3. The third kappa shape index (κ3) is 2.77. The van der Waals surface area contributed by atoms with Crippen LogP contribution < -0.4 is 15.0 Å². The van der Waals surface area contributed by atoms with Crippen molar-refractivity contribution < 1.29 is 14.3 Å². The van der Waals surface area contributed by atoms with Crippen LogP contribution in [0, 0.1) is 6.92 Å². The third-order valence-corrected chi connectivity index (χ3v) is 3.96. The molecule has 0 saturated carbocycles. The van der Waals surface area contributed by atoms with Crippen molar-refractivity contribution in [2.75, 3.05) is 17.3 Å². The molecule has 1 atom stereocenters. The zero-order valence-corrected chi connectivity index (χ0v) is 13.3. The summed E-state index contributed by atoms with van der Waals surface area (Å²) in [5, 5.41) is 2.89. The van der Waals surface area contributed by atoms with Crippen molar-refractivity contribution in [2.24, 2.45) is 0 Å². The van der Waals surface area contributed by atoms with E-state index in [0.29, 0.717) is 17.0 Å². The summed E-state index contributed by atoms with van der Waals surface area (Å²) < 4.78 is 5.61. The fraction of sp³-hybridized carbons (Fsp3) is 0.222. The molecular formula is C18H18N2O3. The molecule has 1 unspecified atom stereocenters. The van der Waals surface area contributed by atoms with Crippen LogP contribution >= 0.6 is 0 Å². The van der Waals surface area contributed by atoms with Crippen molar-refractivity contribution in [3.8, 4) is 5.75 Å². The Hall–Kier alpha value is -2.82. The standard InChI is InChI=1S/C18H18N2O3/c1-11-6-4-5-7-14(11)19-17(21)13-8-9-15-16(10-13)23-12(2)18(22)20(15)3/h4-10,12H,1-3H3,(H,19,21). The van der Waals surface area contributed by atoms with Gasteiger partial charge in [-0.25, -0.2) is 0 Å². The third-order valence-electron chi connectivity index (χ3n) is 3.96. The zero-order chi connectivity index (χ0) is 16.6. The minimum Gasteiger partial charge on any atom is -0.479 e. The Bertz CT molecular complexity index is 786. The van der Waals surface area contributed by atoms with Crippen molar-refractivity contribution in [1.82, 2.24) is 0 Å². The summed E-state index contributed by atoms with van der Waals surface area (Å²) in [7, 11) is 1.70. The first-order chi connectivity index (χ1) is 11.0. The molecule has 2 aromatic rings. The number of hydrogen-bond donors (Lipinski definition) is 1. The molecule has 0 bridgehead atoms. The maximum Gasteiger partial charge on any atom is 0.267 e.